The van der Waals surface area contributed by atoms with Crippen molar-refractivity contribution in [1.82, 2.24) is 19.6 Å². The number of amides is 1. The first-order chi connectivity index (χ1) is 17.0. The normalized spacial score (nSPS) is 15.8. The van der Waals surface area contributed by atoms with Crippen LogP contribution in [0.15, 0.2) is 76.2 Å². The molecular weight excluding hydrogens is 447 g/mol. The summed E-state index contributed by atoms with van der Waals surface area (Å²) < 4.78 is 20.6. The molecule has 1 unspecified atom stereocenters. The molecule has 178 valence electrons. The van der Waals surface area contributed by atoms with Gasteiger partial charge in [-0.1, -0.05) is 47.1 Å². The highest BCUT2D eigenvalue weighted by Crippen LogP contribution is 2.28. The number of piperidine rings is 1. The summed E-state index contributed by atoms with van der Waals surface area (Å²) in [6, 6.07) is 17.3. The van der Waals surface area contributed by atoms with Crippen molar-refractivity contribution in [3.05, 3.63) is 106 Å². The smallest absolute Gasteiger partial charge is 0.263 e. The van der Waals surface area contributed by atoms with Crippen molar-refractivity contribution >= 4 is 5.91 Å². The Hall–Kier alpha value is -4.07. The van der Waals surface area contributed by atoms with Gasteiger partial charge in [0.2, 0.25) is 11.7 Å². The van der Waals surface area contributed by atoms with Gasteiger partial charge in [0.25, 0.3) is 11.5 Å². The van der Waals surface area contributed by atoms with E-state index in [1.165, 1.54) is 12.1 Å². The third-order valence-corrected chi connectivity index (χ3v) is 6.27. The molecule has 2 aromatic carbocycles. The van der Waals surface area contributed by atoms with Crippen LogP contribution in [0.1, 0.15) is 46.1 Å². The van der Waals surface area contributed by atoms with Crippen molar-refractivity contribution < 1.29 is 13.7 Å². The standard InChI is InChI=1S/C27H25FN4O3/c1-18-6-2-7-19(14-18)16-31-13-5-11-23(26(31)33)27(34)32-12-4-9-21(17-32)25-29-24(30-35-25)20-8-3-10-22(28)15-20/h2-3,5-8,10-11,13-15,21H,4,9,12,16-17H2,1H3. The van der Waals surface area contributed by atoms with E-state index in [0.717, 1.165) is 24.0 Å². The van der Waals surface area contributed by atoms with Crippen molar-refractivity contribution in [2.45, 2.75) is 32.2 Å². The summed E-state index contributed by atoms with van der Waals surface area (Å²) in [5.74, 6) is -0.111. The van der Waals surface area contributed by atoms with Crippen molar-refractivity contribution in [3.8, 4) is 11.4 Å². The van der Waals surface area contributed by atoms with Crippen molar-refractivity contribution in [1.29, 1.82) is 0 Å². The Balaban J connectivity index is 1.33. The van der Waals surface area contributed by atoms with Crippen LogP contribution >= 0.6 is 0 Å². The molecule has 35 heavy (non-hydrogen) atoms. The molecule has 0 bridgehead atoms. The summed E-state index contributed by atoms with van der Waals surface area (Å²) in [5, 5.41) is 3.99. The lowest BCUT2D eigenvalue weighted by molar-refractivity contribution is 0.0693. The predicted molar refractivity (Wildman–Crippen MR) is 129 cm³/mol. The maximum atomic E-state index is 13.6. The molecule has 0 radical (unpaired) electrons. The van der Waals surface area contributed by atoms with E-state index in [4.69, 9.17) is 4.52 Å². The highest BCUT2D eigenvalue weighted by Gasteiger charge is 2.30. The van der Waals surface area contributed by atoms with E-state index >= 15 is 0 Å². The molecule has 1 amide bonds. The van der Waals surface area contributed by atoms with Gasteiger partial charge in [-0.2, -0.15) is 4.98 Å². The Morgan fingerprint density at radius 3 is 2.83 bits per heavy atom. The monoisotopic (exact) mass is 472 g/mol. The Morgan fingerprint density at radius 1 is 1.14 bits per heavy atom. The molecule has 0 spiro atoms. The van der Waals surface area contributed by atoms with Crippen LogP contribution in [0.25, 0.3) is 11.4 Å². The minimum absolute atomic E-state index is 0.145. The van der Waals surface area contributed by atoms with Gasteiger partial charge < -0.3 is 14.0 Å². The molecule has 8 heteroatoms. The molecule has 1 atom stereocenters. The molecule has 1 aliphatic rings. The van der Waals surface area contributed by atoms with E-state index in [2.05, 4.69) is 10.1 Å². The molecule has 5 rings (SSSR count). The van der Waals surface area contributed by atoms with Crippen LogP contribution in [0.5, 0.6) is 0 Å². The minimum atomic E-state index is -0.376. The van der Waals surface area contributed by atoms with Crippen LogP contribution in [-0.4, -0.2) is 38.6 Å². The van der Waals surface area contributed by atoms with Crippen molar-refractivity contribution in [3.63, 3.8) is 0 Å². The third kappa shape index (κ3) is 4.91. The number of carbonyl (C=O) groups excluding carboxylic acids is 1. The van der Waals surface area contributed by atoms with Gasteiger partial charge in [-0.3, -0.25) is 9.59 Å². The maximum Gasteiger partial charge on any atom is 0.263 e. The van der Waals surface area contributed by atoms with Gasteiger partial charge in [0.15, 0.2) is 0 Å². The molecule has 1 saturated heterocycles. The molecule has 1 fully saturated rings. The first-order valence-corrected chi connectivity index (χ1v) is 11.6. The van der Waals surface area contributed by atoms with Crippen molar-refractivity contribution in [2.24, 2.45) is 0 Å². The van der Waals surface area contributed by atoms with Gasteiger partial charge in [-0.15, -0.1) is 0 Å². The van der Waals surface area contributed by atoms with Gasteiger partial charge >= 0.3 is 0 Å². The van der Waals surface area contributed by atoms with Crippen LogP contribution in [0.3, 0.4) is 0 Å². The number of aryl methyl sites for hydroxylation is 1. The van der Waals surface area contributed by atoms with Gasteiger partial charge in [0.05, 0.1) is 12.5 Å². The Bertz CT molecular complexity index is 1430. The van der Waals surface area contributed by atoms with Gasteiger partial charge in [0.1, 0.15) is 11.4 Å². The molecule has 0 saturated carbocycles. The molecular formula is C27H25FN4O3. The largest absolute Gasteiger partial charge is 0.339 e. The summed E-state index contributed by atoms with van der Waals surface area (Å²) >= 11 is 0. The zero-order chi connectivity index (χ0) is 24.4. The second kappa shape index (κ2) is 9.66. The molecule has 4 aromatic rings. The van der Waals surface area contributed by atoms with Crippen LogP contribution in [0.4, 0.5) is 4.39 Å². The summed E-state index contributed by atoms with van der Waals surface area (Å²) in [6.07, 6.45) is 3.23. The fraction of sp³-hybridized carbons (Fsp3) is 0.259. The van der Waals surface area contributed by atoms with Gasteiger partial charge in [0, 0.05) is 24.8 Å². The molecule has 3 heterocycles. The van der Waals surface area contributed by atoms with Crippen molar-refractivity contribution in [2.75, 3.05) is 13.1 Å². The zero-order valence-electron chi connectivity index (χ0n) is 19.4. The number of aromatic nitrogens is 3. The van der Waals surface area contributed by atoms with E-state index < -0.39 is 0 Å². The maximum absolute atomic E-state index is 13.6. The van der Waals surface area contributed by atoms with E-state index in [0.29, 0.717) is 36.9 Å². The number of nitrogens with zero attached hydrogens (tertiary/aromatic N) is 4. The molecule has 0 aliphatic carbocycles. The van der Waals surface area contributed by atoms with Gasteiger partial charge in [-0.05, 0) is 49.6 Å². The fourth-order valence-electron chi connectivity index (χ4n) is 4.51. The predicted octanol–water partition coefficient (Wildman–Crippen LogP) is 4.41. The van der Waals surface area contributed by atoms with Gasteiger partial charge in [-0.25, -0.2) is 4.39 Å². The Labute approximate surface area is 201 Å². The topological polar surface area (TPSA) is 81.2 Å². The first-order valence-electron chi connectivity index (χ1n) is 11.6. The van der Waals surface area contributed by atoms with E-state index in [1.807, 2.05) is 31.2 Å². The average Bonchev–Trinajstić information content (AvgIpc) is 3.36. The summed E-state index contributed by atoms with van der Waals surface area (Å²) in [5.41, 5.74) is 2.48. The number of carbonyl (C=O) groups is 1. The number of likely N-dealkylation sites (tertiary alicyclic amines) is 1. The summed E-state index contributed by atoms with van der Waals surface area (Å²) in [7, 11) is 0. The van der Waals surface area contributed by atoms with Crippen LogP contribution in [0, 0.1) is 12.7 Å². The highest BCUT2D eigenvalue weighted by molar-refractivity contribution is 5.94. The average molecular weight is 473 g/mol. The summed E-state index contributed by atoms with van der Waals surface area (Å²) in [6.45, 7) is 3.32. The fourth-order valence-corrected chi connectivity index (χ4v) is 4.51. The molecule has 2 aromatic heterocycles. The zero-order valence-corrected chi connectivity index (χ0v) is 19.4. The Morgan fingerprint density at radius 2 is 2.00 bits per heavy atom. The second-order valence-electron chi connectivity index (χ2n) is 8.90. The van der Waals surface area contributed by atoms with E-state index in [1.54, 1.807) is 39.9 Å². The third-order valence-electron chi connectivity index (χ3n) is 6.27. The lowest BCUT2D eigenvalue weighted by atomic mass is 9.97. The van der Waals surface area contributed by atoms with E-state index in [-0.39, 0.29) is 28.8 Å². The first kappa shape index (κ1) is 22.7. The molecule has 1 aliphatic heterocycles. The van der Waals surface area contributed by atoms with Crippen LogP contribution < -0.4 is 5.56 Å². The number of hydrogen-bond acceptors (Lipinski definition) is 5. The second-order valence-corrected chi connectivity index (χ2v) is 8.90. The minimum Gasteiger partial charge on any atom is -0.339 e. The number of halogens is 1. The number of hydrogen-bond donors (Lipinski definition) is 0. The van der Waals surface area contributed by atoms with Crippen LogP contribution in [-0.2, 0) is 6.54 Å². The molecule has 7 nitrogen and oxygen atoms in total. The lowest BCUT2D eigenvalue weighted by Crippen LogP contribution is -2.42. The lowest BCUT2D eigenvalue weighted by Gasteiger charge is -2.31. The Kier molecular flexibility index (Phi) is 6.27. The number of benzene rings is 2. The summed E-state index contributed by atoms with van der Waals surface area (Å²) in [4.78, 5) is 32.6. The quantitative estimate of drug-likeness (QED) is 0.430. The van der Waals surface area contributed by atoms with E-state index in [9.17, 15) is 14.0 Å². The number of pyridine rings is 1. The highest BCUT2D eigenvalue weighted by atomic mass is 19.1. The van der Waals surface area contributed by atoms with Crippen LogP contribution in [0.2, 0.25) is 0 Å². The number of rotatable bonds is 5. The molecule has 0 N–H and O–H groups in total. The SMILES string of the molecule is Cc1cccc(Cn2cccc(C(=O)N3CCCC(c4nc(-c5cccc(F)c5)no4)C3)c2=O)c1.